The topological polar surface area (TPSA) is 42.2 Å². The van der Waals surface area contributed by atoms with Crippen LogP contribution < -0.4 is 10.6 Å². The molecule has 0 saturated heterocycles. The third kappa shape index (κ3) is 3.41. The average Bonchev–Trinajstić information content (AvgIpc) is 2.90. The fourth-order valence-electron chi connectivity index (χ4n) is 2.30. The smallest absolute Gasteiger partial charge is 0.186 e. The van der Waals surface area contributed by atoms with E-state index in [2.05, 4.69) is 11.9 Å². The second-order valence-electron chi connectivity index (χ2n) is 5.13. The van der Waals surface area contributed by atoms with Gasteiger partial charge in [-0.2, -0.15) is 0 Å². The molecular weight excluding hydrogens is 285 g/mol. The summed E-state index contributed by atoms with van der Waals surface area (Å²) < 4.78 is 13.9. The summed E-state index contributed by atoms with van der Waals surface area (Å²) in [6, 6.07) is 6.81. The first-order chi connectivity index (χ1) is 10.1. The second kappa shape index (κ2) is 7.00. The van der Waals surface area contributed by atoms with Crippen LogP contribution in [0.3, 0.4) is 0 Å². The number of thiazole rings is 1. The van der Waals surface area contributed by atoms with Crippen LogP contribution in [0.4, 0.5) is 9.52 Å². The first-order valence-electron chi connectivity index (χ1n) is 7.24. The fraction of sp³-hybridized carbons (Fsp3) is 0.438. The number of aromatic nitrogens is 1. The van der Waals surface area contributed by atoms with Gasteiger partial charge in [0.2, 0.25) is 0 Å². The minimum atomic E-state index is -0.179. The zero-order valence-electron chi connectivity index (χ0n) is 12.8. The van der Waals surface area contributed by atoms with Gasteiger partial charge in [0.25, 0.3) is 0 Å². The van der Waals surface area contributed by atoms with Crippen LogP contribution in [-0.4, -0.2) is 12.0 Å². The van der Waals surface area contributed by atoms with Gasteiger partial charge in [0, 0.05) is 24.0 Å². The van der Waals surface area contributed by atoms with Crippen molar-refractivity contribution in [2.45, 2.75) is 39.3 Å². The number of benzene rings is 1. The maximum Gasteiger partial charge on any atom is 0.186 e. The molecule has 0 fully saturated rings. The average molecular weight is 307 g/mol. The molecule has 1 unspecified atom stereocenters. The Balaban J connectivity index is 2.27. The van der Waals surface area contributed by atoms with Crippen molar-refractivity contribution in [2.75, 3.05) is 11.9 Å². The van der Waals surface area contributed by atoms with Crippen molar-refractivity contribution in [1.82, 2.24) is 4.98 Å². The summed E-state index contributed by atoms with van der Waals surface area (Å²) in [6.45, 7) is 4.63. The van der Waals surface area contributed by atoms with E-state index in [0.29, 0.717) is 12.1 Å². The minimum absolute atomic E-state index is 0.0718. The third-order valence-electron chi connectivity index (χ3n) is 3.68. The van der Waals surface area contributed by atoms with Crippen molar-refractivity contribution in [3.05, 3.63) is 46.2 Å². The van der Waals surface area contributed by atoms with Crippen LogP contribution in [-0.2, 0) is 13.0 Å². The number of nitrogens with zero attached hydrogens (tertiary/aromatic N) is 2. The van der Waals surface area contributed by atoms with Crippen molar-refractivity contribution in [2.24, 2.45) is 5.73 Å². The number of aryl methyl sites for hydroxylation is 1. The first kappa shape index (κ1) is 15.9. The summed E-state index contributed by atoms with van der Waals surface area (Å²) in [6.07, 6.45) is 1.98. The number of hydrogen-bond acceptors (Lipinski definition) is 4. The normalized spacial score (nSPS) is 12.4. The maximum atomic E-state index is 13.9. The predicted octanol–water partition coefficient (Wildman–Crippen LogP) is 3.89. The largest absolute Gasteiger partial charge is 0.344 e. The summed E-state index contributed by atoms with van der Waals surface area (Å²) >= 11 is 1.60. The number of nitrogens with two attached hydrogens (primary N) is 1. The highest BCUT2D eigenvalue weighted by molar-refractivity contribution is 7.15. The molecular formula is C16H22FN3S. The third-order valence-corrected chi connectivity index (χ3v) is 4.89. The van der Waals surface area contributed by atoms with E-state index in [1.54, 1.807) is 17.4 Å². The quantitative estimate of drug-likeness (QED) is 0.880. The Morgan fingerprint density at radius 1 is 1.38 bits per heavy atom. The van der Waals surface area contributed by atoms with Crippen molar-refractivity contribution in [3.63, 3.8) is 0 Å². The lowest BCUT2D eigenvalue weighted by Gasteiger charge is -2.25. The van der Waals surface area contributed by atoms with Crippen LogP contribution in [0.25, 0.3) is 0 Å². The highest BCUT2D eigenvalue weighted by Gasteiger charge is 2.20. The van der Waals surface area contributed by atoms with Crippen LogP contribution in [0.2, 0.25) is 0 Å². The van der Waals surface area contributed by atoms with E-state index in [4.69, 9.17) is 5.73 Å². The molecule has 0 aliphatic heterocycles. The molecule has 1 heterocycles. The monoisotopic (exact) mass is 307 g/mol. The molecule has 21 heavy (non-hydrogen) atoms. The molecule has 1 aromatic carbocycles. The van der Waals surface area contributed by atoms with Crippen LogP contribution in [0.1, 0.15) is 42.4 Å². The maximum absolute atomic E-state index is 13.9. The van der Waals surface area contributed by atoms with Gasteiger partial charge in [-0.05, 0) is 19.4 Å². The predicted molar refractivity (Wildman–Crippen MR) is 87.2 cm³/mol. The van der Waals surface area contributed by atoms with Crippen molar-refractivity contribution in [1.29, 1.82) is 0 Å². The van der Waals surface area contributed by atoms with Crippen molar-refractivity contribution in [3.8, 4) is 0 Å². The highest BCUT2D eigenvalue weighted by atomic mass is 32.1. The molecule has 0 aliphatic rings. The van der Waals surface area contributed by atoms with Gasteiger partial charge < -0.3 is 10.6 Å². The van der Waals surface area contributed by atoms with Gasteiger partial charge >= 0.3 is 0 Å². The Morgan fingerprint density at radius 3 is 2.71 bits per heavy atom. The van der Waals surface area contributed by atoms with Gasteiger partial charge in [0.15, 0.2) is 5.13 Å². The van der Waals surface area contributed by atoms with Crippen LogP contribution >= 0.6 is 11.3 Å². The minimum Gasteiger partial charge on any atom is -0.344 e. The van der Waals surface area contributed by atoms with E-state index in [-0.39, 0.29) is 11.9 Å². The summed E-state index contributed by atoms with van der Waals surface area (Å²) in [5, 5.41) is 0.898. The Hall–Kier alpha value is -1.46. The van der Waals surface area contributed by atoms with Gasteiger partial charge in [-0.3, -0.25) is 0 Å². The highest BCUT2D eigenvalue weighted by Crippen LogP contribution is 2.32. The molecule has 2 aromatic rings. The standard InChI is InChI=1S/C16H22FN3S/c1-4-7-14-15(10-18)21-16(19-14)20(3)11(2)12-8-5-6-9-13(12)17/h5-6,8-9,11H,4,7,10,18H2,1-3H3. The fourth-order valence-corrected chi connectivity index (χ4v) is 3.33. The van der Waals surface area contributed by atoms with Crippen LogP contribution in [0, 0.1) is 5.82 Å². The van der Waals surface area contributed by atoms with E-state index >= 15 is 0 Å². The first-order valence-corrected chi connectivity index (χ1v) is 8.06. The lowest BCUT2D eigenvalue weighted by molar-refractivity contribution is 0.585. The molecule has 114 valence electrons. The molecule has 2 N–H and O–H groups in total. The molecule has 0 bridgehead atoms. The SMILES string of the molecule is CCCc1nc(N(C)C(C)c2ccccc2F)sc1CN. The zero-order chi connectivity index (χ0) is 15.4. The van der Waals surface area contributed by atoms with Gasteiger partial charge in [-0.15, -0.1) is 11.3 Å². The summed E-state index contributed by atoms with van der Waals surface area (Å²) in [4.78, 5) is 7.83. The van der Waals surface area contributed by atoms with Crippen LogP contribution in [0.5, 0.6) is 0 Å². The van der Waals surface area contributed by atoms with E-state index in [9.17, 15) is 4.39 Å². The molecule has 1 aromatic heterocycles. The second-order valence-corrected chi connectivity index (χ2v) is 6.19. The Bertz CT molecular complexity index is 597. The van der Waals surface area contributed by atoms with Gasteiger partial charge in [-0.1, -0.05) is 31.5 Å². The molecule has 0 radical (unpaired) electrons. The Morgan fingerprint density at radius 2 is 2.10 bits per heavy atom. The number of anilines is 1. The van der Waals surface area contributed by atoms with E-state index in [1.807, 2.05) is 31.0 Å². The van der Waals surface area contributed by atoms with Crippen molar-refractivity contribution < 1.29 is 4.39 Å². The number of hydrogen-bond donors (Lipinski definition) is 1. The van der Waals surface area contributed by atoms with Crippen molar-refractivity contribution >= 4 is 16.5 Å². The van der Waals surface area contributed by atoms with Gasteiger partial charge in [0.05, 0.1) is 11.7 Å². The lowest BCUT2D eigenvalue weighted by atomic mass is 10.1. The molecule has 0 saturated carbocycles. The summed E-state index contributed by atoms with van der Waals surface area (Å²) in [5.74, 6) is -0.179. The summed E-state index contributed by atoms with van der Waals surface area (Å²) in [5.41, 5.74) is 7.56. The zero-order valence-corrected chi connectivity index (χ0v) is 13.6. The van der Waals surface area contributed by atoms with Gasteiger partial charge in [0.1, 0.15) is 5.82 Å². The Labute approximate surface area is 129 Å². The molecule has 3 nitrogen and oxygen atoms in total. The summed E-state index contributed by atoms with van der Waals surface area (Å²) in [7, 11) is 1.95. The van der Waals surface area contributed by atoms with Crippen LogP contribution in [0.15, 0.2) is 24.3 Å². The van der Waals surface area contributed by atoms with Gasteiger partial charge in [-0.25, -0.2) is 9.37 Å². The van der Waals surface area contributed by atoms with E-state index in [0.717, 1.165) is 28.5 Å². The lowest BCUT2D eigenvalue weighted by Crippen LogP contribution is -2.22. The molecule has 5 heteroatoms. The molecule has 2 rings (SSSR count). The molecule has 0 amide bonds. The number of halogens is 1. The molecule has 1 atom stereocenters. The van der Waals surface area contributed by atoms with E-state index in [1.165, 1.54) is 6.07 Å². The van der Waals surface area contributed by atoms with E-state index < -0.39 is 0 Å². The molecule has 0 spiro atoms. The Kier molecular flexibility index (Phi) is 5.31. The molecule has 0 aliphatic carbocycles. The number of rotatable bonds is 6.